The molecule has 144 valence electrons. The zero-order valence-electron chi connectivity index (χ0n) is 14.8. The first kappa shape index (κ1) is 18.1. The van der Waals surface area contributed by atoms with E-state index in [0.29, 0.717) is 37.8 Å². The number of carbonyl (C=O) groups is 1. The van der Waals surface area contributed by atoms with Crippen molar-refractivity contribution in [3.8, 4) is 0 Å². The third-order valence-corrected chi connectivity index (χ3v) is 6.82. The monoisotopic (exact) mass is 391 g/mol. The van der Waals surface area contributed by atoms with Gasteiger partial charge in [-0.15, -0.1) is 0 Å². The van der Waals surface area contributed by atoms with Gasteiger partial charge in [0, 0.05) is 24.2 Å². The van der Waals surface area contributed by atoms with Gasteiger partial charge in [-0.2, -0.15) is 4.31 Å². The lowest BCUT2D eigenvalue weighted by molar-refractivity contribution is 0.0730. The number of hydrogen-bond donors (Lipinski definition) is 1. The first-order valence-electron chi connectivity index (χ1n) is 9.02. The summed E-state index contributed by atoms with van der Waals surface area (Å²) >= 11 is 0. The second-order valence-corrected chi connectivity index (χ2v) is 8.58. The Morgan fingerprint density at radius 2 is 1.78 bits per heavy atom. The summed E-state index contributed by atoms with van der Waals surface area (Å²) in [5.74, 6) is 0.0366. The molecule has 1 saturated heterocycles. The average molecular weight is 391 g/mol. The third kappa shape index (κ3) is 3.62. The van der Waals surface area contributed by atoms with Crippen molar-refractivity contribution in [3.63, 3.8) is 0 Å². The molecule has 0 spiro atoms. The smallest absolute Gasteiger partial charge is 0.258 e. The number of benzene rings is 1. The molecule has 1 amide bonds. The maximum Gasteiger partial charge on any atom is 0.258 e. The zero-order chi connectivity index (χ0) is 18.9. The highest BCUT2D eigenvalue weighted by molar-refractivity contribution is 7.89. The van der Waals surface area contributed by atoms with Gasteiger partial charge in [-0.05, 0) is 49.9 Å². The van der Waals surface area contributed by atoms with Gasteiger partial charge in [0.2, 0.25) is 15.9 Å². The fourth-order valence-corrected chi connectivity index (χ4v) is 4.79. The van der Waals surface area contributed by atoms with Gasteiger partial charge < -0.3 is 9.26 Å². The number of morpholine rings is 1. The van der Waals surface area contributed by atoms with Crippen molar-refractivity contribution >= 4 is 21.8 Å². The molecule has 1 fully saturated rings. The summed E-state index contributed by atoms with van der Waals surface area (Å²) in [5, 5.41) is 6.76. The maximum atomic E-state index is 12.6. The largest absolute Gasteiger partial charge is 0.379 e. The number of carbonyl (C=O) groups excluding carboxylic acids is 1. The van der Waals surface area contributed by atoms with Gasteiger partial charge in [-0.25, -0.2) is 8.42 Å². The van der Waals surface area contributed by atoms with Crippen LogP contribution in [0, 0.1) is 0 Å². The van der Waals surface area contributed by atoms with Crippen molar-refractivity contribution in [2.45, 2.75) is 30.6 Å². The molecule has 1 N–H and O–H groups in total. The Morgan fingerprint density at radius 1 is 1.07 bits per heavy atom. The van der Waals surface area contributed by atoms with Crippen molar-refractivity contribution < 1.29 is 22.5 Å². The van der Waals surface area contributed by atoms with E-state index in [1.807, 2.05) is 0 Å². The van der Waals surface area contributed by atoms with E-state index in [0.717, 1.165) is 36.9 Å². The zero-order valence-corrected chi connectivity index (χ0v) is 15.6. The fourth-order valence-electron chi connectivity index (χ4n) is 3.38. The number of ether oxygens (including phenoxy) is 1. The van der Waals surface area contributed by atoms with Gasteiger partial charge in [-0.3, -0.25) is 10.1 Å². The van der Waals surface area contributed by atoms with E-state index in [-0.39, 0.29) is 10.8 Å². The lowest BCUT2D eigenvalue weighted by atomic mass is 9.97. The number of amides is 1. The van der Waals surface area contributed by atoms with E-state index in [4.69, 9.17) is 9.26 Å². The van der Waals surface area contributed by atoms with Crippen LogP contribution in [0.1, 0.15) is 34.5 Å². The molecular weight excluding hydrogens is 370 g/mol. The van der Waals surface area contributed by atoms with Gasteiger partial charge in [0.15, 0.2) is 0 Å². The number of anilines is 1. The van der Waals surface area contributed by atoms with Crippen molar-refractivity contribution in [2.24, 2.45) is 0 Å². The third-order valence-electron chi connectivity index (χ3n) is 4.91. The van der Waals surface area contributed by atoms with E-state index in [9.17, 15) is 13.2 Å². The van der Waals surface area contributed by atoms with Gasteiger partial charge in [-0.1, -0.05) is 5.16 Å². The van der Waals surface area contributed by atoms with Gasteiger partial charge in [0.25, 0.3) is 5.91 Å². The molecule has 0 bridgehead atoms. The molecule has 0 radical (unpaired) electrons. The van der Waals surface area contributed by atoms with Crippen LogP contribution < -0.4 is 5.32 Å². The van der Waals surface area contributed by atoms with Gasteiger partial charge in [0.1, 0.15) is 0 Å². The van der Waals surface area contributed by atoms with Crippen LogP contribution in [0.25, 0.3) is 0 Å². The molecule has 2 heterocycles. The van der Waals surface area contributed by atoms with Crippen LogP contribution >= 0.6 is 0 Å². The molecule has 9 heteroatoms. The van der Waals surface area contributed by atoms with Crippen LogP contribution in [0.2, 0.25) is 0 Å². The first-order chi connectivity index (χ1) is 13.1. The molecule has 2 aromatic rings. The molecule has 8 nitrogen and oxygen atoms in total. The number of aromatic nitrogens is 1. The summed E-state index contributed by atoms with van der Waals surface area (Å²) in [7, 11) is -3.57. The minimum Gasteiger partial charge on any atom is -0.379 e. The van der Waals surface area contributed by atoms with Crippen LogP contribution in [-0.4, -0.2) is 50.1 Å². The van der Waals surface area contributed by atoms with Gasteiger partial charge >= 0.3 is 0 Å². The van der Waals surface area contributed by atoms with Crippen LogP contribution in [0.4, 0.5) is 5.88 Å². The van der Waals surface area contributed by atoms with Crippen molar-refractivity contribution in [2.75, 3.05) is 31.6 Å². The molecule has 0 unspecified atom stereocenters. The molecule has 1 aromatic heterocycles. The molecule has 27 heavy (non-hydrogen) atoms. The molecule has 0 atom stereocenters. The summed E-state index contributed by atoms with van der Waals surface area (Å²) in [6, 6.07) is 5.92. The highest BCUT2D eigenvalue weighted by Crippen LogP contribution is 2.28. The van der Waals surface area contributed by atoms with Crippen LogP contribution in [0.3, 0.4) is 0 Å². The number of nitrogens with zero attached hydrogens (tertiary/aromatic N) is 2. The summed E-state index contributed by atoms with van der Waals surface area (Å²) in [6.45, 7) is 1.45. The normalized spacial score (nSPS) is 18.1. The van der Waals surface area contributed by atoms with Crippen LogP contribution in [-0.2, 0) is 27.6 Å². The molecule has 4 rings (SSSR count). The van der Waals surface area contributed by atoms with E-state index in [1.165, 1.54) is 28.6 Å². The molecular formula is C18H21N3O5S. The Balaban J connectivity index is 1.48. The number of aryl methyl sites for hydroxylation is 1. The Bertz CT molecular complexity index is 930. The van der Waals surface area contributed by atoms with E-state index in [2.05, 4.69) is 10.5 Å². The first-order valence-corrected chi connectivity index (χ1v) is 10.5. The Labute approximate surface area is 157 Å². The SMILES string of the molecule is O=C(Nc1onc2c1CCCC2)c1ccc(S(=O)(=O)N2CCOCC2)cc1. The predicted molar refractivity (Wildman–Crippen MR) is 97.1 cm³/mol. The minimum absolute atomic E-state index is 0.165. The van der Waals surface area contributed by atoms with Gasteiger partial charge in [0.05, 0.1) is 23.8 Å². The Hall–Kier alpha value is -2.23. The lowest BCUT2D eigenvalue weighted by Crippen LogP contribution is -2.40. The van der Waals surface area contributed by atoms with Crippen molar-refractivity contribution in [1.29, 1.82) is 0 Å². The second-order valence-electron chi connectivity index (χ2n) is 6.64. The lowest BCUT2D eigenvalue weighted by Gasteiger charge is -2.26. The Morgan fingerprint density at radius 3 is 2.52 bits per heavy atom. The van der Waals surface area contributed by atoms with Crippen LogP contribution in [0.15, 0.2) is 33.7 Å². The fraction of sp³-hybridized carbons (Fsp3) is 0.444. The number of sulfonamides is 1. The highest BCUT2D eigenvalue weighted by atomic mass is 32.2. The standard InChI is InChI=1S/C18H21N3O5S/c22-17(19-18-15-3-1-2-4-16(15)20-26-18)13-5-7-14(8-6-13)27(23,24)21-9-11-25-12-10-21/h5-8H,1-4,9-12H2,(H,19,22). The topological polar surface area (TPSA) is 102 Å². The number of rotatable bonds is 4. The number of hydrogen-bond acceptors (Lipinski definition) is 6. The van der Waals surface area contributed by atoms with E-state index in [1.54, 1.807) is 0 Å². The quantitative estimate of drug-likeness (QED) is 0.853. The van der Waals surface area contributed by atoms with Crippen LogP contribution in [0.5, 0.6) is 0 Å². The second kappa shape index (κ2) is 7.41. The molecule has 0 saturated carbocycles. The summed E-state index contributed by atoms with van der Waals surface area (Å²) < 4.78 is 37.1. The number of nitrogens with one attached hydrogen (secondary N) is 1. The van der Waals surface area contributed by atoms with Crippen molar-refractivity contribution in [1.82, 2.24) is 9.46 Å². The van der Waals surface area contributed by atoms with E-state index < -0.39 is 10.0 Å². The van der Waals surface area contributed by atoms with E-state index >= 15 is 0 Å². The molecule has 1 aliphatic heterocycles. The maximum absolute atomic E-state index is 12.6. The van der Waals surface area contributed by atoms with Crippen molar-refractivity contribution in [3.05, 3.63) is 41.1 Å². The predicted octanol–water partition coefficient (Wildman–Crippen LogP) is 1.83. The highest BCUT2D eigenvalue weighted by Gasteiger charge is 2.26. The Kier molecular flexibility index (Phi) is 4.98. The molecule has 1 aromatic carbocycles. The molecule has 2 aliphatic rings. The summed E-state index contributed by atoms with van der Waals surface area (Å²) in [4.78, 5) is 12.7. The molecule has 1 aliphatic carbocycles. The summed E-state index contributed by atoms with van der Waals surface area (Å²) in [5.41, 5.74) is 2.22. The number of fused-ring (bicyclic) bond motifs is 1. The minimum atomic E-state index is -3.57. The summed E-state index contributed by atoms with van der Waals surface area (Å²) in [6.07, 6.45) is 3.82. The average Bonchev–Trinajstić information content (AvgIpc) is 3.12.